The van der Waals surface area contributed by atoms with E-state index in [4.69, 9.17) is 9.47 Å². The molecule has 0 aromatic heterocycles. The van der Waals surface area contributed by atoms with Gasteiger partial charge in [-0.1, -0.05) is 65.8 Å². The van der Waals surface area contributed by atoms with Crippen molar-refractivity contribution >= 4 is 11.7 Å². The van der Waals surface area contributed by atoms with Gasteiger partial charge in [0.25, 0.3) is 0 Å². The van der Waals surface area contributed by atoms with Gasteiger partial charge in [-0.15, -0.1) is 0 Å². The molecule has 0 spiro atoms. The van der Waals surface area contributed by atoms with Crippen molar-refractivity contribution < 1.29 is 24.6 Å². The number of ether oxygens (including phenoxy) is 2. The maximum Gasteiger partial charge on any atom is 0.344 e. The third kappa shape index (κ3) is 5.84. The van der Waals surface area contributed by atoms with E-state index in [9.17, 15) is 15.1 Å². The Morgan fingerprint density at radius 2 is 1.55 bits per heavy atom. The molecule has 0 unspecified atom stereocenters. The van der Waals surface area contributed by atoms with Crippen molar-refractivity contribution in [1.29, 1.82) is 0 Å². The van der Waals surface area contributed by atoms with Gasteiger partial charge in [0, 0.05) is 18.1 Å². The number of hydrogen-bond acceptors (Lipinski definition) is 6. The minimum absolute atomic E-state index is 0.108. The number of benzene rings is 3. The van der Waals surface area contributed by atoms with Crippen LogP contribution in [0.4, 0.5) is 0 Å². The Hall–Kier alpha value is -3.80. The monoisotopic (exact) mass is 391 g/mol. The minimum Gasteiger partial charge on any atom is -0.507 e. The Kier molecular flexibility index (Phi) is 6.84. The summed E-state index contributed by atoms with van der Waals surface area (Å²) in [6, 6.07) is 23.4. The normalized spacial score (nSPS) is 11.1. The van der Waals surface area contributed by atoms with Gasteiger partial charge in [-0.05, 0) is 23.3 Å². The molecule has 6 nitrogen and oxygen atoms in total. The number of oxime groups is 1. The highest BCUT2D eigenvalue weighted by Gasteiger charge is 2.13. The molecule has 0 fully saturated rings. The second kappa shape index (κ2) is 9.94. The molecule has 0 aliphatic carbocycles. The number of carbonyl (C=O) groups is 1. The van der Waals surface area contributed by atoms with Gasteiger partial charge in [-0.25, -0.2) is 4.79 Å². The number of esters is 1. The molecule has 3 aromatic rings. The first-order valence-corrected chi connectivity index (χ1v) is 9.06. The maximum absolute atomic E-state index is 11.8. The Morgan fingerprint density at radius 3 is 2.17 bits per heavy atom. The molecule has 148 valence electrons. The smallest absolute Gasteiger partial charge is 0.344 e. The third-order valence-corrected chi connectivity index (χ3v) is 4.21. The number of hydrogen-bond donors (Lipinski definition) is 2. The number of carbonyl (C=O) groups excluding carboxylic acids is 1. The fourth-order valence-corrected chi connectivity index (χ4v) is 2.74. The third-order valence-electron chi connectivity index (χ3n) is 4.21. The first-order valence-electron chi connectivity index (χ1n) is 9.06. The van der Waals surface area contributed by atoms with Gasteiger partial charge >= 0.3 is 5.97 Å². The van der Waals surface area contributed by atoms with Crippen molar-refractivity contribution in [3.05, 3.63) is 95.6 Å². The molecule has 0 amide bonds. The fourth-order valence-electron chi connectivity index (χ4n) is 2.74. The molecular formula is C23H21NO5. The van der Waals surface area contributed by atoms with Crippen molar-refractivity contribution in [3.8, 4) is 11.5 Å². The summed E-state index contributed by atoms with van der Waals surface area (Å²) in [6.07, 6.45) is 0.358. The van der Waals surface area contributed by atoms with Gasteiger partial charge in [-0.2, -0.15) is 0 Å². The number of rotatable bonds is 8. The Bertz CT molecular complexity index is 971. The fraction of sp³-hybridized carbons (Fsp3) is 0.130. The topological polar surface area (TPSA) is 88.4 Å². The lowest BCUT2D eigenvalue weighted by atomic mass is 10.0. The standard InChI is InChI=1S/C23H21NO5/c25-22-14-19(28-16-23(26)29-15-18-9-5-2-6-10-18)11-12-20(22)21(24-27)13-17-7-3-1-4-8-17/h1-12,14,25,27H,13,15-16H2/b24-21-. The van der Waals surface area contributed by atoms with Crippen LogP contribution in [0.1, 0.15) is 16.7 Å². The second-order valence-corrected chi connectivity index (χ2v) is 6.32. The van der Waals surface area contributed by atoms with E-state index in [2.05, 4.69) is 5.16 Å². The van der Waals surface area contributed by atoms with Crippen molar-refractivity contribution in [2.24, 2.45) is 5.16 Å². The summed E-state index contributed by atoms with van der Waals surface area (Å²) in [5, 5.41) is 23.0. The lowest BCUT2D eigenvalue weighted by Crippen LogP contribution is -2.15. The molecular weight excluding hydrogens is 370 g/mol. The van der Waals surface area contributed by atoms with Crippen molar-refractivity contribution in [2.75, 3.05) is 6.61 Å². The summed E-state index contributed by atoms with van der Waals surface area (Å²) in [5.41, 5.74) is 2.54. The molecule has 3 aromatic carbocycles. The van der Waals surface area contributed by atoms with E-state index in [0.29, 0.717) is 23.4 Å². The summed E-state index contributed by atoms with van der Waals surface area (Å²) < 4.78 is 10.5. The summed E-state index contributed by atoms with van der Waals surface area (Å²) >= 11 is 0. The second-order valence-electron chi connectivity index (χ2n) is 6.32. The SMILES string of the molecule is O=C(COc1ccc(/C(Cc2ccccc2)=N\O)c(O)c1)OCc1ccccc1. The zero-order chi connectivity index (χ0) is 20.5. The highest BCUT2D eigenvalue weighted by atomic mass is 16.6. The number of nitrogens with zero attached hydrogens (tertiary/aromatic N) is 1. The summed E-state index contributed by atoms with van der Waals surface area (Å²) in [4.78, 5) is 11.8. The number of aromatic hydroxyl groups is 1. The molecule has 2 N–H and O–H groups in total. The first kappa shape index (κ1) is 19.9. The zero-order valence-electron chi connectivity index (χ0n) is 15.7. The van der Waals surface area contributed by atoms with Crippen LogP contribution in [0.5, 0.6) is 11.5 Å². The van der Waals surface area contributed by atoms with Gasteiger partial charge < -0.3 is 19.8 Å². The van der Waals surface area contributed by atoms with Crippen molar-refractivity contribution in [2.45, 2.75) is 13.0 Å². The Balaban J connectivity index is 1.56. The molecule has 0 aliphatic heterocycles. The van der Waals surface area contributed by atoms with Crippen molar-refractivity contribution in [3.63, 3.8) is 0 Å². The minimum atomic E-state index is -0.515. The summed E-state index contributed by atoms with van der Waals surface area (Å²) in [7, 11) is 0. The van der Waals surface area contributed by atoms with E-state index in [0.717, 1.165) is 11.1 Å². The van der Waals surface area contributed by atoms with E-state index in [1.807, 2.05) is 60.7 Å². The van der Waals surface area contributed by atoms with Crippen LogP contribution in [0.2, 0.25) is 0 Å². The summed E-state index contributed by atoms with van der Waals surface area (Å²) in [6.45, 7) is -0.111. The van der Waals surface area contributed by atoms with E-state index < -0.39 is 5.97 Å². The Morgan fingerprint density at radius 1 is 0.897 bits per heavy atom. The first-order chi connectivity index (χ1) is 14.2. The highest BCUT2D eigenvalue weighted by molar-refractivity contribution is 6.03. The molecule has 3 rings (SSSR count). The Labute approximate surface area is 168 Å². The van der Waals surface area contributed by atoms with Gasteiger partial charge in [0.05, 0.1) is 5.71 Å². The molecule has 0 aliphatic rings. The van der Waals surface area contributed by atoms with Gasteiger partial charge in [0.2, 0.25) is 0 Å². The quantitative estimate of drug-likeness (QED) is 0.263. The maximum atomic E-state index is 11.8. The molecule has 0 bridgehead atoms. The molecule has 0 radical (unpaired) electrons. The lowest BCUT2D eigenvalue weighted by Gasteiger charge is -2.11. The molecule has 0 heterocycles. The molecule has 0 saturated heterocycles. The van der Waals surface area contributed by atoms with E-state index >= 15 is 0 Å². The van der Waals surface area contributed by atoms with Crippen molar-refractivity contribution in [1.82, 2.24) is 0 Å². The highest BCUT2D eigenvalue weighted by Crippen LogP contribution is 2.25. The van der Waals surface area contributed by atoms with Crippen LogP contribution in [-0.4, -0.2) is 28.6 Å². The summed E-state index contributed by atoms with van der Waals surface area (Å²) in [5.74, 6) is -0.317. The largest absolute Gasteiger partial charge is 0.507 e. The number of phenolic OH excluding ortho intramolecular Hbond substituents is 1. The van der Waals surface area contributed by atoms with E-state index in [-0.39, 0.29) is 19.0 Å². The van der Waals surface area contributed by atoms with Gasteiger partial charge in [0.15, 0.2) is 6.61 Å². The zero-order valence-corrected chi connectivity index (χ0v) is 15.7. The van der Waals surface area contributed by atoms with E-state index in [1.165, 1.54) is 6.07 Å². The van der Waals surface area contributed by atoms with Crippen LogP contribution >= 0.6 is 0 Å². The molecule has 6 heteroatoms. The molecule has 0 atom stereocenters. The molecule has 0 saturated carbocycles. The average Bonchev–Trinajstić information content (AvgIpc) is 2.76. The average molecular weight is 391 g/mol. The van der Waals surface area contributed by atoms with Crippen LogP contribution in [0.25, 0.3) is 0 Å². The van der Waals surface area contributed by atoms with Crippen LogP contribution in [0, 0.1) is 0 Å². The van der Waals surface area contributed by atoms with Crippen LogP contribution in [-0.2, 0) is 22.6 Å². The van der Waals surface area contributed by atoms with Crippen LogP contribution < -0.4 is 4.74 Å². The number of phenols is 1. The van der Waals surface area contributed by atoms with Gasteiger partial charge in [0.1, 0.15) is 18.1 Å². The predicted octanol–water partition coefficient (Wildman–Crippen LogP) is 3.94. The van der Waals surface area contributed by atoms with Crippen LogP contribution in [0.15, 0.2) is 84.0 Å². The lowest BCUT2D eigenvalue weighted by molar-refractivity contribution is -0.147. The van der Waals surface area contributed by atoms with Crippen LogP contribution in [0.3, 0.4) is 0 Å². The predicted molar refractivity (Wildman–Crippen MR) is 108 cm³/mol. The molecule has 29 heavy (non-hydrogen) atoms. The van der Waals surface area contributed by atoms with Gasteiger partial charge in [-0.3, -0.25) is 0 Å². The van der Waals surface area contributed by atoms with E-state index in [1.54, 1.807) is 12.1 Å².